The molecular weight excluding hydrogens is 211 g/mol. The van der Waals surface area contributed by atoms with Crippen LogP contribution in [0.1, 0.15) is 26.3 Å². The molecule has 0 spiro atoms. The lowest BCUT2D eigenvalue weighted by atomic mass is 9.87. The first-order valence-electron chi connectivity index (χ1n) is 4.73. The molecule has 0 fully saturated rings. The van der Waals surface area contributed by atoms with Crippen LogP contribution in [0.15, 0.2) is 24.3 Å². The Morgan fingerprint density at radius 2 is 1.93 bits per heavy atom. The Kier molecular flexibility index (Phi) is 3.83. The summed E-state index contributed by atoms with van der Waals surface area (Å²) in [5.74, 6) is 0.574. The maximum Gasteiger partial charge on any atom is 0.428 e. The highest BCUT2D eigenvalue weighted by Gasteiger charge is 2.14. The van der Waals surface area contributed by atoms with Crippen molar-refractivity contribution >= 4 is 8.25 Å². The van der Waals surface area contributed by atoms with Crippen molar-refractivity contribution in [2.45, 2.75) is 26.2 Å². The second-order valence-corrected chi connectivity index (χ2v) is 5.27. The molecule has 1 unspecified atom stereocenters. The van der Waals surface area contributed by atoms with Gasteiger partial charge in [0.05, 0.1) is 7.11 Å². The first kappa shape index (κ1) is 12.2. The molecule has 0 aliphatic heterocycles. The van der Waals surface area contributed by atoms with Gasteiger partial charge in [-0.3, -0.25) is 4.52 Å². The molecule has 4 heteroatoms. The zero-order valence-electron chi connectivity index (χ0n) is 9.48. The molecule has 1 radical (unpaired) electrons. The summed E-state index contributed by atoms with van der Waals surface area (Å²) >= 11 is 0. The van der Waals surface area contributed by atoms with E-state index >= 15 is 0 Å². The van der Waals surface area contributed by atoms with Gasteiger partial charge >= 0.3 is 8.25 Å². The van der Waals surface area contributed by atoms with Crippen molar-refractivity contribution in [3.63, 3.8) is 0 Å². The lowest BCUT2D eigenvalue weighted by Crippen LogP contribution is -2.10. The fourth-order valence-corrected chi connectivity index (χ4v) is 1.50. The summed E-state index contributed by atoms with van der Waals surface area (Å²) in [6.07, 6.45) is 0. The van der Waals surface area contributed by atoms with Crippen LogP contribution in [-0.2, 0) is 14.5 Å². The third-order valence-electron chi connectivity index (χ3n) is 2.03. The van der Waals surface area contributed by atoms with Gasteiger partial charge in [-0.15, -0.1) is 0 Å². The number of hydrogen-bond donors (Lipinski definition) is 0. The molecule has 3 nitrogen and oxygen atoms in total. The van der Waals surface area contributed by atoms with Gasteiger partial charge in [-0.05, 0) is 23.1 Å². The number of hydrogen-bond acceptors (Lipinski definition) is 3. The molecule has 0 amide bonds. The highest BCUT2D eigenvalue weighted by Crippen LogP contribution is 2.30. The van der Waals surface area contributed by atoms with E-state index in [9.17, 15) is 4.57 Å². The first-order chi connectivity index (χ1) is 6.93. The van der Waals surface area contributed by atoms with Crippen LogP contribution in [0.2, 0.25) is 0 Å². The Labute approximate surface area is 91.4 Å². The van der Waals surface area contributed by atoms with Crippen molar-refractivity contribution in [2.75, 3.05) is 7.11 Å². The highest BCUT2D eigenvalue weighted by atomic mass is 31.1. The Hall–Kier alpha value is -0.920. The minimum absolute atomic E-state index is 0.0537. The minimum Gasteiger partial charge on any atom is -0.398 e. The van der Waals surface area contributed by atoms with E-state index in [2.05, 4.69) is 25.3 Å². The predicted octanol–water partition coefficient (Wildman–Crippen LogP) is 3.67. The van der Waals surface area contributed by atoms with Crippen LogP contribution in [0.5, 0.6) is 5.75 Å². The van der Waals surface area contributed by atoms with Crippen molar-refractivity contribution < 1.29 is 13.6 Å². The van der Waals surface area contributed by atoms with Crippen LogP contribution in [-0.4, -0.2) is 7.11 Å². The summed E-state index contributed by atoms with van der Waals surface area (Å²) in [5.41, 5.74) is 1.19. The molecule has 0 heterocycles. The second kappa shape index (κ2) is 4.73. The predicted molar refractivity (Wildman–Crippen MR) is 60.4 cm³/mol. The molecule has 0 aliphatic rings. The van der Waals surface area contributed by atoms with Gasteiger partial charge in [0.1, 0.15) is 5.75 Å². The SMILES string of the molecule is CO[P](=O)Oc1cccc(C(C)(C)C)c1. The van der Waals surface area contributed by atoms with Gasteiger partial charge in [-0.1, -0.05) is 32.9 Å². The van der Waals surface area contributed by atoms with Crippen LogP contribution in [0, 0.1) is 0 Å². The molecule has 1 rings (SSSR count). The van der Waals surface area contributed by atoms with E-state index in [1.54, 1.807) is 6.07 Å². The van der Waals surface area contributed by atoms with Gasteiger partial charge in [0.25, 0.3) is 0 Å². The molecule has 83 valence electrons. The zero-order chi connectivity index (χ0) is 11.5. The summed E-state index contributed by atoms with van der Waals surface area (Å²) in [4.78, 5) is 0. The van der Waals surface area contributed by atoms with E-state index in [4.69, 9.17) is 4.52 Å². The topological polar surface area (TPSA) is 35.5 Å². The largest absolute Gasteiger partial charge is 0.428 e. The van der Waals surface area contributed by atoms with Crippen molar-refractivity contribution in [1.82, 2.24) is 0 Å². The number of benzene rings is 1. The minimum atomic E-state index is -2.05. The van der Waals surface area contributed by atoms with E-state index in [-0.39, 0.29) is 5.41 Å². The van der Waals surface area contributed by atoms with Gasteiger partial charge in [-0.2, -0.15) is 0 Å². The molecule has 0 saturated heterocycles. The average Bonchev–Trinajstić information content (AvgIpc) is 2.17. The van der Waals surface area contributed by atoms with E-state index in [0.29, 0.717) is 5.75 Å². The Morgan fingerprint density at radius 1 is 1.27 bits per heavy atom. The van der Waals surface area contributed by atoms with Gasteiger partial charge < -0.3 is 4.52 Å². The van der Waals surface area contributed by atoms with E-state index in [0.717, 1.165) is 5.56 Å². The third kappa shape index (κ3) is 3.61. The summed E-state index contributed by atoms with van der Waals surface area (Å²) in [5, 5.41) is 0. The Bertz CT molecular complexity index is 355. The van der Waals surface area contributed by atoms with Crippen molar-refractivity contribution in [1.29, 1.82) is 0 Å². The van der Waals surface area contributed by atoms with Gasteiger partial charge in [-0.25, -0.2) is 4.57 Å². The zero-order valence-corrected chi connectivity index (χ0v) is 10.4. The summed E-state index contributed by atoms with van der Waals surface area (Å²) in [6, 6.07) is 7.55. The molecule has 1 aromatic carbocycles. The normalized spacial score (nSPS) is 12.4. The van der Waals surface area contributed by atoms with Crippen LogP contribution >= 0.6 is 8.25 Å². The molecule has 0 saturated carbocycles. The van der Waals surface area contributed by atoms with Crippen LogP contribution in [0.3, 0.4) is 0 Å². The molecule has 0 bridgehead atoms. The Balaban J connectivity index is 2.88. The first-order valence-corrected chi connectivity index (χ1v) is 5.83. The fourth-order valence-electron chi connectivity index (χ4n) is 1.14. The smallest absolute Gasteiger partial charge is 0.398 e. The van der Waals surface area contributed by atoms with Crippen LogP contribution in [0.4, 0.5) is 0 Å². The van der Waals surface area contributed by atoms with Crippen LogP contribution in [0.25, 0.3) is 0 Å². The molecule has 1 atom stereocenters. The molecular formula is C11H16O3P. The molecule has 0 aromatic heterocycles. The van der Waals surface area contributed by atoms with E-state index < -0.39 is 8.25 Å². The van der Waals surface area contributed by atoms with Crippen LogP contribution < -0.4 is 4.52 Å². The van der Waals surface area contributed by atoms with Crippen molar-refractivity contribution in [2.24, 2.45) is 0 Å². The standard InChI is InChI=1S/C11H16O3P/c1-11(2,3)9-6-5-7-10(8-9)14-15(12)13-4/h5-8H,1-4H3. The number of rotatable bonds is 3. The van der Waals surface area contributed by atoms with Crippen molar-refractivity contribution in [3.05, 3.63) is 29.8 Å². The monoisotopic (exact) mass is 227 g/mol. The average molecular weight is 227 g/mol. The second-order valence-electron chi connectivity index (χ2n) is 4.28. The third-order valence-corrected chi connectivity index (χ3v) is 2.69. The molecule has 15 heavy (non-hydrogen) atoms. The molecule has 0 aliphatic carbocycles. The lowest BCUT2D eigenvalue weighted by Gasteiger charge is -2.19. The van der Waals surface area contributed by atoms with Gasteiger partial charge in [0, 0.05) is 0 Å². The summed E-state index contributed by atoms with van der Waals surface area (Å²) in [7, 11) is -0.699. The van der Waals surface area contributed by atoms with Crippen molar-refractivity contribution in [3.8, 4) is 5.75 Å². The summed E-state index contributed by atoms with van der Waals surface area (Å²) in [6.45, 7) is 6.34. The lowest BCUT2D eigenvalue weighted by molar-refractivity contribution is 0.348. The fraction of sp³-hybridized carbons (Fsp3) is 0.455. The van der Waals surface area contributed by atoms with E-state index in [1.807, 2.05) is 18.2 Å². The molecule has 0 N–H and O–H groups in total. The maximum absolute atomic E-state index is 11.0. The van der Waals surface area contributed by atoms with Gasteiger partial charge in [0.15, 0.2) is 0 Å². The quantitative estimate of drug-likeness (QED) is 0.739. The highest BCUT2D eigenvalue weighted by molar-refractivity contribution is 7.33. The Morgan fingerprint density at radius 3 is 2.47 bits per heavy atom. The van der Waals surface area contributed by atoms with Gasteiger partial charge in [0.2, 0.25) is 0 Å². The summed E-state index contributed by atoms with van der Waals surface area (Å²) < 4.78 is 20.7. The maximum atomic E-state index is 11.0. The van der Waals surface area contributed by atoms with E-state index in [1.165, 1.54) is 7.11 Å². The molecule has 1 aromatic rings.